The Hall–Kier alpha value is -2.23. The van der Waals surface area contributed by atoms with Gasteiger partial charge in [-0.3, -0.25) is 4.79 Å². The Kier molecular flexibility index (Phi) is 3.95. The van der Waals surface area contributed by atoms with E-state index in [0.29, 0.717) is 11.4 Å². The molecule has 1 aliphatic rings. The van der Waals surface area contributed by atoms with Gasteiger partial charge in [0.1, 0.15) is 0 Å². The molecule has 0 radical (unpaired) electrons. The normalized spacial score (nSPS) is 15.0. The van der Waals surface area contributed by atoms with Crippen molar-refractivity contribution in [3.05, 3.63) is 47.8 Å². The maximum absolute atomic E-state index is 12.5. The van der Waals surface area contributed by atoms with Crippen LogP contribution in [-0.4, -0.2) is 33.9 Å². The highest BCUT2D eigenvalue weighted by Crippen LogP contribution is 2.18. The van der Waals surface area contributed by atoms with Gasteiger partial charge in [-0.1, -0.05) is 30.3 Å². The largest absolute Gasteiger partial charge is 0.339 e. The SMILES string of the molecule is Cc1nc(-c2ccccc2)ncc1C(=O)N1CCCCC1. The summed E-state index contributed by atoms with van der Waals surface area (Å²) >= 11 is 0. The lowest BCUT2D eigenvalue weighted by Gasteiger charge is -2.27. The van der Waals surface area contributed by atoms with Crippen molar-refractivity contribution in [2.75, 3.05) is 13.1 Å². The fourth-order valence-electron chi connectivity index (χ4n) is 2.67. The van der Waals surface area contributed by atoms with Gasteiger partial charge in [-0.2, -0.15) is 0 Å². The van der Waals surface area contributed by atoms with Crippen LogP contribution in [0.4, 0.5) is 0 Å². The van der Waals surface area contributed by atoms with Crippen molar-refractivity contribution < 1.29 is 4.79 Å². The highest BCUT2D eigenvalue weighted by Gasteiger charge is 2.21. The van der Waals surface area contributed by atoms with Crippen LogP contribution in [0, 0.1) is 6.92 Å². The molecule has 21 heavy (non-hydrogen) atoms. The number of aryl methyl sites for hydroxylation is 1. The molecule has 0 N–H and O–H groups in total. The van der Waals surface area contributed by atoms with Crippen LogP contribution in [0.15, 0.2) is 36.5 Å². The van der Waals surface area contributed by atoms with Crippen molar-refractivity contribution in [3.8, 4) is 11.4 Å². The molecular formula is C17H19N3O. The topological polar surface area (TPSA) is 46.1 Å². The Morgan fingerprint density at radius 3 is 2.48 bits per heavy atom. The molecule has 1 amide bonds. The van der Waals surface area contributed by atoms with Crippen LogP contribution in [0.1, 0.15) is 35.3 Å². The van der Waals surface area contributed by atoms with E-state index < -0.39 is 0 Å². The zero-order valence-electron chi connectivity index (χ0n) is 12.2. The summed E-state index contributed by atoms with van der Waals surface area (Å²) in [5, 5.41) is 0. The average molecular weight is 281 g/mol. The molecule has 4 nitrogen and oxygen atoms in total. The van der Waals surface area contributed by atoms with Gasteiger partial charge in [0.2, 0.25) is 0 Å². The van der Waals surface area contributed by atoms with Crippen molar-refractivity contribution in [1.29, 1.82) is 0 Å². The number of amides is 1. The molecule has 4 heteroatoms. The molecule has 0 unspecified atom stereocenters. The molecule has 1 saturated heterocycles. The van der Waals surface area contributed by atoms with Crippen LogP contribution in [-0.2, 0) is 0 Å². The van der Waals surface area contributed by atoms with E-state index in [0.717, 1.165) is 37.2 Å². The number of hydrogen-bond donors (Lipinski definition) is 0. The van der Waals surface area contributed by atoms with E-state index in [1.54, 1.807) is 6.20 Å². The second-order valence-electron chi connectivity index (χ2n) is 5.41. The third-order valence-electron chi connectivity index (χ3n) is 3.89. The summed E-state index contributed by atoms with van der Waals surface area (Å²) in [6.07, 6.45) is 5.06. The minimum atomic E-state index is 0.0619. The van der Waals surface area contributed by atoms with Gasteiger partial charge in [0.05, 0.1) is 11.3 Å². The summed E-state index contributed by atoms with van der Waals surface area (Å²) < 4.78 is 0. The average Bonchev–Trinajstić information content (AvgIpc) is 2.56. The molecule has 108 valence electrons. The van der Waals surface area contributed by atoms with Crippen molar-refractivity contribution in [3.63, 3.8) is 0 Å². The number of benzene rings is 1. The maximum Gasteiger partial charge on any atom is 0.257 e. The van der Waals surface area contributed by atoms with E-state index in [2.05, 4.69) is 9.97 Å². The number of carbonyl (C=O) groups is 1. The Morgan fingerprint density at radius 1 is 1.10 bits per heavy atom. The lowest BCUT2D eigenvalue weighted by Crippen LogP contribution is -2.36. The number of rotatable bonds is 2. The minimum absolute atomic E-state index is 0.0619. The van der Waals surface area contributed by atoms with Crippen LogP contribution in [0.3, 0.4) is 0 Å². The first kappa shape index (κ1) is 13.7. The van der Waals surface area contributed by atoms with Crippen LogP contribution in [0.5, 0.6) is 0 Å². The lowest BCUT2D eigenvalue weighted by atomic mass is 10.1. The van der Waals surface area contributed by atoms with Gasteiger partial charge in [0.15, 0.2) is 5.82 Å². The Balaban J connectivity index is 1.86. The van der Waals surface area contributed by atoms with E-state index in [9.17, 15) is 4.79 Å². The van der Waals surface area contributed by atoms with Crippen molar-refractivity contribution in [2.45, 2.75) is 26.2 Å². The van der Waals surface area contributed by atoms with Crippen LogP contribution in [0.25, 0.3) is 11.4 Å². The predicted molar refractivity (Wildman–Crippen MR) is 82.0 cm³/mol. The first-order chi connectivity index (χ1) is 10.3. The second-order valence-corrected chi connectivity index (χ2v) is 5.41. The molecule has 0 atom stereocenters. The predicted octanol–water partition coefficient (Wildman–Crippen LogP) is 3.08. The zero-order valence-corrected chi connectivity index (χ0v) is 12.2. The van der Waals surface area contributed by atoms with Gasteiger partial charge in [0, 0.05) is 24.8 Å². The Morgan fingerprint density at radius 2 is 1.81 bits per heavy atom. The van der Waals surface area contributed by atoms with Gasteiger partial charge in [-0.15, -0.1) is 0 Å². The number of aromatic nitrogens is 2. The smallest absolute Gasteiger partial charge is 0.257 e. The third-order valence-corrected chi connectivity index (χ3v) is 3.89. The quantitative estimate of drug-likeness (QED) is 0.850. The fraction of sp³-hybridized carbons (Fsp3) is 0.353. The number of likely N-dealkylation sites (tertiary alicyclic amines) is 1. The molecule has 2 heterocycles. The molecule has 2 aromatic rings. The molecule has 1 fully saturated rings. The summed E-state index contributed by atoms with van der Waals surface area (Å²) in [4.78, 5) is 23.3. The molecule has 0 spiro atoms. The van der Waals surface area contributed by atoms with Crippen LogP contribution in [0.2, 0.25) is 0 Å². The first-order valence-corrected chi connectivity index (χ1v) is 7.44. The highest BCUT2D eigenvalue weighted by molar-refractivity contribution is 5.95. The van der Waals surface area contributed by atoms with Crippen LogP contribution < -0.4 is 0 Å². The van der Waals surface area contributed by atoms with Gasteiger partial charge >= 0.3 is 0 Å². The number of nitrogens with zero attached hydrogens (tertiary/aromatic N) is 3. The monoisotopic (exact) mass is 281 g/mol. The molecule has 1 aliphatic heterocycles. The molecule has 0 aliphatic carbocycles. The molecular weight excluding hydrogens is 262 g/mol. The van der Waals surface area contributed by atoms with E-state index >= 15 is 0 Å². The summed E-state index contributed by atoms with van der Waals surface area (Å²) in [6.45, 7) is 3.57. The summed E-state index contributed by atoms with van der Waals surface area (Å²) in [7, 11) is 0. The second kappa shape index (κ2) is 6.04. The third kappa shape index (κ3) is 2.94. The lowest BCUT2D eigenvalue weighted by molar-refractivity contribution is 0.0722. The van der Waals surface area contributed by atoms with Crippen molar-refractivity contribution in [2.24, 2.45) is 0 Å². The zero-order chi connectivity index (χ0) is 14.7. The standard InChI is InChI=1S/C17H19N3O/c1-13-15(17(21)20-10-6-3-7-11-20)12-18-16(19-13)14-8-4-2-5-9-14/h2,4-5,8-9,12H,3,6-7,10-11H2,1H3. The Labute approximate surface area is 124 Å². The van der Waals surface area contributed by atoms with E-state index in [1.807, 2.05) is 42.2 Å². The number of carbonyl (C=O) groups excluding carboxylic acids is 1. The minimum Gasteiger partial charge on any atom is -0.339 e. The van der Waals surface area contributed by atoms with Gasteiger partial charge in [0.25, 0.3) is 5.91 Å². The Bertz CT molecular complexity index is 634. The van der Waals surface area contributed by atoms with Gasteiger partial charge < -0.3 is 4.90 Å². The summed E-state index contributed by atoms with van der Waals surface area (Å²) in [5.41, 5.74) is 2.34. The molecule has 0 bridgehead atoms. The van der Waals surface area contributed by atoms with Crippen molar-refractivity contribution in [1.82, 2.24) is 14.9 Å². The highest BCUT2D eigenvalue weighted by atomic mass is 16.2. The van der Waals surface area contributed by atoms with Crippen LogP contribution >= 0.6 is 0 Å². The van der Waals surface area contributed by atoms with E-state index in [1.165, 1.54) is 6.42 Å². The maximum atomic E-state index is 12.5. The molecule has 0 saturated carbocycles. The summed E-state index contributed by atoms with van der Waals surface area (Å²) in [5.74, 6) is 0.732. The molecule has 1 aromatic carbocycles. The number of hydrogen-bond acceptors (Lipinski definition) is 3. The van der Waals surface area contributed by atoms with E-state index in [4.69, 9.17) is 0 Å². The fourth-order valence-corrected chi connectivity index (χ4v) is 2.67. The van der Waals surface area contributed by atoms with Gasteiger partial charge in [-0.25, -0.2) is 9.97 Å². The summed E-state index contributed by atoms with van der Waals surface area (Å²) in [6, 6.07) is 9.83. The van der Waals surface area contributed by atoms with Crippen molar-refractivity contribution >= 4 is 5.91 Å². The molecule has 3 rings (SSSR count). The number of piperidine rings is 1. The van der Waals surface area contributed by atoms with Gasteiger partial charge in [-0.05, 0) is 26.2 Å². The first-order valence-electron chi connectivity index (χ1n) is 7.44. The van der Waals surface area contributed by atoms with E-state index in [-0.39, 0.29) is 5.91 Å². The molecule has 1 aromatic heterocycles.